The molecule has 5 atom stereocenters. The zero-order valence-electron chi connectivity index (χ0n) is 66.9. The lowest BCUT2D eigenvalue weighted by atomic mass is 10.0. The Morgan fingerprint density at radius 1 is 0.265 bits per heavy atom. The largest absolute Gasteiger partial charge is 0.472 e. The van der Waals surface area contributed by atoms with Gasteiger partial charge in [-0.05, 0) is 37.5 Å². The van der Waals surface area contributed by atoms with Gasteiger partial charge in [0.25, 0.3) is 0 Å². The molecule has 0 aromatic rings. The summed E-state index contributed by atoms with van der Waals surface area (Å²) in [7, 11) is -9.92. The van der Waals surface area contributed by atoms with Gasteiger partial charge in [-0.1, -0.05) is 388 Å². The number of phosphoric acid groups is 2. The van der Waals surface area contributed by atoms with E-state index in [-0.39, 0.29) is 25.7 Å². The van der Waals surface area contributed by atoms with Gasteiger partial charge < -0.3 is 33.8 Å². The molecule has 2 unspecified atom stereocenters. The van der Waals surface area contributed by atoms with E-state index in [1.807, 2.05) is 0 Å². The van der Waals surface area contributed by atoms with Gasteiger partial charge >= 0.3 is 39.5 Å². The fourth-order valence-corrected chi connectivity index (χ4v) is 14.5. The summed E-state index contributed by atoms with van der Waals surface area (Å²) in [4.78, 5) is 73.2. The van der Waals surface area contributed by atoms with Crippen LogP contribution in [0, 0.1) is 11.8 Å². The summed E-state index contributed by atoms with van der Waals surface area (Å²) >= 11 is 0. The molecule has 0 fully saturated rings. The van der Waals surface area contributed by atoms with Crippen LogP contribution in [0.3, 0.4) is 0 Å². The van der Waals surface area contributed by atoms with Crippen LogP contribution in [0.15, 0.2) is 0 Å². The summed E-state index contributed by atoms with van der Waals surface area (Å²) in [6.07, 6.45) is 65.0. The molecule has 0 aromatic carbocycles. The number of aliphatic hydroxyl groups excluding tert-OH is 1. The van der Waals surface area contributed by atoms with Crippen molar-refractivity contribution in [3.63, 3.8) is 0 Å². The molecule has 606 valence electrons. The molecule has 3 N–H and O–H groups in total. The van der Waals surface area contributed by atoms with E-state index < -0.39 is 97.5 Å². The van der Waals surface area contributed by atoms with E-state index >= 15 is 0 Å². The summed E-state index contributed by atoms with van der Waals surface area (Å²) in [6, 6.07) is 0. The Kier molecular flexibility index (Phi) is 73.1. The maximum absolute atomic E-state index is 13.1. The van der Waals surface area contributed by atoms with Gasteiger partial charge in [-0.15, -0.1) is 0 Å². The first kappa shape index (κ1) is 100. The molecular weight excluding hydrogens is 1330 g/mol. The minimum atomic E-state index is -4.96. The topological polar surface area (TPSA) is 237 Å². The fourth-order valence-electron chi connectivity index (χ4n) is 12.9. The van der Waals surface area contributed by atoms with Crippen LogP contribution in [0.4, 0.5) is 0 Å². The number of ether oxygens (including phenoxy) is 4. The monoisotopic (exact) mass is 1490 g/mol. The van der Waals surface area contributed by atoms with E-state index in [1.54, 1.807) is 0 Å². The fraction of sp³-hybridized carbons (Fsp3) is 0.952. The van der Waals surface area contributed by atoms with Crippen LogP contribution < -0.4 is 0 Å². The van der Waals surface area contributed by atoms with Crippen molar-refractivity contribution in [3.05, 3.63) is 0 Å². The average Bonchev–Trinajstić information content (AvgIpc) is 0.935. The molecule has 0 aliphatic rings. The number of hydrogen-bond donors (Lipinski definition) is 3. The first-order valence-corrected chi connectivity index (χ1v) is 46.0. The zero-order valence-corrected chi connectivity index (χ0v) is 68.7. The van der Waals surface area contributed by atoms with E-state index in [0.717, 1.165) is 102 Å². The number of hydrogen-bond acceptors (Lipinski definition) is 15. The maximum Gasteiger partial charge on any atom is 0.472 e. The molecule has 0 heterocycles. The molecule has 0 saturated heterocycles. The second-order valence-corrected chi connectivity index (χ2v) is 33.7. The number of aliphatic hydroxyl groups is 1. The first-order chi connectivity index (χ1) is 49.4. The second-order valence-electron chi connectivity index (χ2n) is 30.8. The molecule has 0 rings (SSSR count). The highest BCUT2D eigenvalue weighted by molar-refractivity contribution is 7.47. The number of carbonyl (C=O) groups excluding carboxylic acids is 4. The molecule has 102 heavy (non-hydrogen) atoms. The Hall–Kier alpha value is -1.94. The van der Waals surface area contributed by atoms with Crippen molar-refractivity contribution in [3.8, 4) is 0 Å². The van der Waals surface area contributed by atoms with Gasteiger partial charge in [0.05, 0.1) is 26.4 Å². The van der Waals surface area contributed by atoms with Gasteiger partial charge in [-0.2, -0.15) is 0 Å². The molecule has 0 aromatic heterocycles. The SMILES string of the molecule is CCCCCCCCCCCCCCCCCCC(=O)OC[C@H](COP(=O)(O)OC[C@@H](O)COP(=O)(O)OC[C@@H](COC(=O)CCCCCCCCCCCCCCC)OC(=O)CCCCCCCCCCCCCCC(C)C)OC(=O)CCCCCCCCCCCCCCCCCC(C)C. The van der Waals surface area contributed by atoms with Crippen molar-refractivity contribution in [1.82, 2.24) is 0 Å². The van der Waals surface area contributed by atoms with E-state index in [9.17, 15) is 43.2 Å². The molecule has 0 aliphatic heterocycles. The van der Waals surface area contributed by atoms with Gasteiger partial charge in [0.1, 0.15) is 19.3 Å². The quantitative estimate of drug-likeness (QED) is 0.0222. The molecular formula is C83H162O17P2. The summed E-state index contributed by atoms with van der Waals surface area (Å²) in [5, 5.41) is 10.7. The Balaban J connectivity index is 5.27. The zero-order chi connectivity index (χ0) is 74.9. The lowest BCUT2D eigenvalue weighted by Gasteiger charge is -2.21. The standard InChI is InChI=1S/C83H162O17P2/c1-7-9-11-13-15-17-19-21-22-25-29-36-42-48-54-60-66-81(86)94-72-78(99-82(87)67-61-55-49-43-37-30-26-23-24-28-33-39-45-51-57-63-75(3)4)73-97-101(89,90)95-69-77(84)70-96-102(91,92)98-74-79(71-93-80(85)65-59-53-47-41-35-27-20-18-16-14-12-10-8-2)100-83(88)68-62-56-50-44-38-32-31-34-40-46-52-58-64-76(5)6/h75-79,84H,7-74H2,1-6H3,(H,89,90)(H,91,92)/t77-,78-,79-/m1/s1. The molecule has 0 radical (unpaired) electrons. The minimum absolute atomic E-state index is 0.108. The number of phosphoric ester groups is 2. The number of esters is 4. The van der Waals surface area contributed by atoms with Gasteiger partial charge in [0.15, 0.2) is 12.2 Å². The molecule has 0 spiro atoms. The molecule has 0 saturated carbocycles. The van der Waals surface area contributed by atoms with E-state index in [0.29, 0.717) is 25.7 Å². The predicted octanol–water partition coefficient (Wildman–Crippen LogP) is 25.1. The van der Waals surface area contributed by atoms with Crippen LogP contribution in [0.1, 0.15) is 440 Å². The van der Waals surface area contributed by atoms with Crippen LogP contribution in [-0.4, -0.2) is 96.7 Å². The number of rotatable bonds is 82. The lowest BCUT2D eigenvalue weighted by Crippen LogP contribution is -2.30. The van der Waals surface area contributed by atoms with Crippen molar-refractivity contribution >= 4 is 39.5 Å². The van der Waals surface area contributed by atoms with Crippen molar-refractivity contribution in [2.75, 3.05) is 39.6 Å². The van der Waals surface area contributed by atoms with E-state index in [4.69, 9.17) is 37.0 Å². The molecule has 0 amide bonds. The van der Waals surface area contributed by atoms with Crippen LogP contribution in [0.2, 0.25) is 0 Å². The van der Waals surface area contributed by atoms with Crippen molar-refractivity contribution in [1.29, 1.82) is 0 Å². The van der Waals surface area contributed by atoms with Crippen molar-refractivity contribution < 1.29 is 80.2 Å². The summed E-state index contributed by atoms with van der Waals surface area (Å²) in [5.74, 6) is -0.523. The molecule has 0 bridgehead atoms. The average molecular weight is 1490 g/mol. The van der Waals surface area contributed by atoms with E-state index in [2.05, 4.69) is 41.5 Å². The van der Waals surface area contributed by atoms with Crippen LogP contribution in [-0.2, 0) is 65.4 Å². The van der Waals surface area contributed by atoms with Gasteiger partial charge in [0, 0.05) is 25.7 Å². The smallest absolute Gasteiger partial charge is 0.462 e. The van der Waals surface area contributed by atoms with Crippen LogP contribution >= 0.6 is 15.6 Å². The Bertz CT molecular complexity index is 1960. The third-order valence-corrected chi connectivity index (χ3v) is 21.4. The number of carbonyl (C=O) groups is 4. The predicted molar refractivity (Wildman–Crippen MR) is 418 cm³/mol. The normalized spacial score (nSPS) is 13.9. The van der Waals surface area contributed by atoms with E-state index in [1.165, 1.54) is 257 Å². The van der Waals surface area contributed by atoms with Crippen molar-refractivity contribution in [2.24, 2.45) is 11.8 Å². The third-order valence-electron chi connectivity index (χ3n) is 19.5. The van der Waals surface area contributed by atoms with Crippen LogP contribution in [0.25, 0.3) is 0 Å². The first-order valence-electron chi connectivity index (χ1n) is 43.0. The maximum atomic E-state index is 13.1. The van der Waals surface area contributed by atoms with Gasteiger partial charge in [-0.3, -0.25) is 37.3 Å². The van der Waals surface area contributed by atoms with Crippen molar-refractivity contribution in [2.45, 2.75) is 458 Å². The van der Waals surface area contributed by atoms with Gasteiger partial charge in [-0.25, -0.2) is 9.13 Å². The minimum Gasteiger partial charge on any atom is -0.462 e. The Labute approximate surface area is 626 Å². The Morgan fingerprint density at radius 2 is 0.451 bits per heavy atom. The van der Waals surface area contributed by atoms with Gasteiger partial charge in [0.2, 0.25) is 0 Å². The lowest BCUT2D eigenvalue weighted by molar-refractivity contribution is -0.161. The third kappa shape index (κ3) is 76.3. The second kappa shape index (κ2) is 74.5. The summed E-state index contributed by atoms with van der Waals surface area (Å²) in [6.45, 7) is 9.70. The highest BCUT2D eigenvalue weighted by Crippen LogP contribution is 2.45. The Morgan fingerprint density at radius 3 is 0.667 bits per heavy atom. The van der Waals surface area contributed by atoms with Crippen LogP contribution in [0.5, 0.6) is 0 Å². The number of unbranched alkanes of at least 4 members (excludes halogenated alkanes) is 52. The summed E-state index contributed by atoms with van der Waals surface area (Å²) in [5.41, 5.74) is 0. The molecule has 0 aliphatic carbocycles. The molecule has 17 nitrogen and oxygen atoms in total. The molecule has 19 heteroatoms. The highest BCUT2D eigenvalue weighted by Gasteiger charge is 2.30. The highest BCUT2D eigenvalue weighted by atomic mass is 31.2. The summed E-state index contributed by atoms with van der Waals surface area (Å²) < 4.78 is 68.8.